The molecule has 0 radical (unpaired) electrons. The summed E-state index contributed by atoms with van der Waals surface area (Å²) in [5.74, 6) is -0.357. The molecule has 2 aromatic rings. The summed E-state index contributed by atoms with van der Waals surface area (Å²) in [6.07, 6.45) is -4.52. The standard InChI is InChI=1S/C11H7ClF3NO2S/c12-9-8(5-17)19-10(16-9)18-7-4-2-1-3-6(7)11(13,14)15/h1-4,17H,5H2. The number of aromatic nitrogens is 1. The van der Waals surface area contributed by atoms with Crippen molar-refractivity contribution in [3.8, 4) is 10.9 Å². The quantitative estimate of drug-likeness (QED) is 0.928. The molecule has 1 N–H and O–H groups in total. The molecule has 1 aromatic carbocycles. The van der Waals surface area contributed by atoms with E-state index in [1.165, 1.54) is 18.2 Å². The van der Waals surface area contributed by atoms with Crippen LogP contribution in [0.15, 0.2) is 24.3 Å². The largest absolute Gasteiger partial charge is 0.430 e. The second-order valence-electron chi connectivity index (χ2n) is 3.45. The number of para-hydroxylation sites is 1. The Hall–Kier alpha value is -1.31. The summed E-state index contributed by atoms with van der Waals surface area (Å²) in [5, 5.41) is 8.90. The molecule has 0 aliphatic carbocycles. The predicted octanol–water partition coefficient (Wildman–Crippen LogP) is 4.10. The van der Waals surface area contributed by atoms with Gasteiger partial charge < -0.3 is 9.84 Å². The third kappa shape index (κ3) is 3.17. The van der Waals surface area contributed by atoms with Crippen LogP contribution in [-0.4, -0.2) is 10.1 Å². The monoisotopic (exact) mass is 309 g/mol. The smallest absolute Gasteiger partial charge is 0.419 e. The van der Waals surface area contributed by atoms with E-state index in [9.17, 15) is 13.2 Å². The highest BCUT2D eigenvalue weighted by molar-refractivity contribution is 7.13. The van der Waals surface area contributed by atoms with Crippen molar-refractivity contribution in [1.29, 1.82) is 0 Å². The first-order valence-corrected chi connectivity index (χ1v) is 6.21. The van der Waals surface area contributed by atoms with Gasteiger partial charge in [-0.05, 0) is 12.1 Å². The number of aliphatic hydroxyl groups is 1. The molecule has 0 saturated carbocycles. The summed E-state index contributed by atoms with van der Waals surface area (Å²) in [6.45, 7) is -0.346. The molecule has 8 heteroatoms. The van der Waals surface area contributed by atoms with Gasteiger partial charge in [0.25, 0.3) is 5.19 Å². The molecule has 0 fully saturated rings. The number of hydrogen-bond acceptors (Lipinski definition) is 4. The molecule has 3 nitrogen and oxygen atoms in total. The van der Waals surface area contributed by atoms with Crippen LogP contribution >= 0.6 is 22.9 Å². The Morgan fingerprint density at radius 2 is 2.00 bits per heavy atom. The Balaban J connectivity index is 2.33. The normalized spacial score (nSPS) is 11.6. The van der Waals surface area contributed by atoms with Crippen LogP contribution in [-0.2, 0) is 12.8 Å². The minimum Gasteiger partial charge on any atom is -0.430 e. The van der Waals surface area contributed by atoms with Crippen LogP contribution in [0.1, 0.15) is 10.4 Å². The maximum Gasteiger partial charge on any atom is 0.419 e. The highest BCUT2D eigenvalue weighted by Crippen LogP contribution is 2.39. The fraction of sp³-hybridized carbons (Fsp3) is 0.182. The molecule has 1 aromatic heterocycles. The molecule has 2 rings (SSSR count). The van der Waals surface area contributed by atoms with Crippen LogP contribution in [0.2, 0.25) is 5.15 Å². The van der Waals surface area contributed by atoms with Gasteiger partial charge >= 0.3 is 6.18 Å². The number of aliphatic hydroxyl groups excluding tert-OH is 1. The van der Waals surface area contributed by atoms with Crippen molar-refractivity contribution in [3.63, 3.8) is 0 Å². The zero-order chi connectivity index (χ0) is 14.0. The number of alkyl halides is 3. The Morgan fingerprint density at radius 3 is 2.58 bits per heavy atom. The van der Waals surface area contributed by atoms with Crippen LogP contribution < -0.4 is 4.74 Å². The molecule has 102 valence electrons. The lowest BCUT2D eigenvalue weighted by molar-refractivity contribution is -0.138. The van der Waals surface area contributed by atoms with Gasteiger partial charge in [-0.25, -0.2) is 0 Å². The van der Waals surface area contributed by atoms with Crippen LogP contribution in [0.25, 0.3) is 0 Å². The Morgan fingerprint density at radius 1 is 1.32 bits per heavy atom. The van der Waals surface area contributed by atoms with Crippen molar-refractivity contribution in [2.24, 2.45) is 0 Å². The van der Waals surface area contributed by atoms with E-state index in [2.05, 4.69) is 4.98 Å². The molecule has 0 aliphatic heterocycles. The van der Waals surface area contributed by atoms with Crippen molar-refractivity contribution in [2.75, 3.05) is 0 Å². The first-order valence-electron chi connectivity index (χ1n) is 5.02. The second-order valence-corrected chi connectivity index (χ2v) is 4.85. The van der Waals surface area contributed by atoms with Gasteiger partial charge in [0, 0.05) is 0 Å². The molecule has 0 saturated heterocycles. The SMILES string of the molecule is OCc1sc(Oc2ccccc2C(F)(F)F)nc1Cl. The molecule has 0 atom stereocenters. The van der Waals surface area contributed by atoms with Crippen LogP contribution in [0.4, 0.5) is 13.2 Å². The van der Waals surface area contributed by atoms with Crippen molar-refractivity contribution in [1.82, 2.24) is 4.98 Å². The molecule has 0 spiro atoms. The third-order valence-corrected chi connectivity index (χ3v) is 3.51. The minimum atomic E-state index is -4.52. The molecular weight excluding hydrogens is 303 g/mol. The van der Waals surface area contributed by atoms with E-state index in [0.717, 1.165) is 17.4 Å². The van der Waals surface area contributed by atoms with E-state index in [4.69, 9.17) is 21.4 Å². The molecule has 0 bridgehead atoms. The van der Waals surface area contributed by atoms with E-state index in [1.807, 2.05) is 0 Å². The molecule has 0 unspecified atom stereocenters. The number of hydrogen-bond donors (Lipinski definition) is 1. The van der Waals surface area contributed by atoms with Gasteiger partial charge in [0.05, 0.1) is 17.0 Å². The van der Waals surface area contributed by atoms with Crippen LogP contribution in [0.5, 0.6) is 10.9 Å². The molecule has 0 amide bonds. The number of rotatable bonds is 3. The topological polar surface area (TPSA) is 42.4 Å². The molecular formula is C11H7ClF3NO2S. The highest BCUT2D eigenvalue weighted by Gasteiger charge is 2.34. The summed E-state index contributed by atoms with van der Waals surface area (Å²) < 4.78 is 43.3. The van der Waals surface area contributed by atoms with Gasteiger partial charge in [0.2, 0.25) is 0 Å². The summed E-state index contributed by atoms with van der Waals surface area (Å²) in [4.78, 5) is 4.07. The second kappa shape index (κ2) is 5.36. The fourth-order valence-corrected chi connectivity index (χ4v) is 2.31. The van der Waals surface area contributed by atoms with Crippen LogP contribution in [0, 0.1) is 0 Å². The minimum absolute atomic E-state index is 0.0204. The number of nitrogens with zero attached hydrogens (tertiary/aromatic N) is 1. The van der Waals surface area contributed by atoms with Gasteiger partial charge in [-0.15, -0.1) is 0 Å². The number of halogens is 4. The van der Waals surface area contributed by atoms with E-state index in [1.54, 1.807) is 0 Å². The van der Waals surface area contributed by atoms with E-state index in [-0.39, 0.29) is 22.7 Å². The van der Waals surface area contributed by atoms with Gasteiger partial charge in [0.15, 0.2) is 0 Å². The van der Waals surface area contributed by atoms with Gasteiger partial charge in [0.1, 0.15) is 10.9 Å². The summed E-state index contributed by atoms with van der Waals surface area (Å²) in [5.41, 5.74) is -0.896. The lowest BCUT2D eigenvalue weighted by atomic mass is 10.2. The zero-order valence-electron chi connectivity index (χ0n) is 9.24. The highest BCUT2D eigenvalue weighted by atomic mass is 35.5. The van der Waals surface area contributed by atoms with Crippen molar-refractivity contribution in [3.05, 3.63) is 39.9 Å². The first kappa shape index (κ1) is 14.1. The summed E-state index contributed by atoms with van der Waals surface area (Å²) in [7, 11) is 0. The molecule has 19 heavy (non-hydrogen) atoms. The average Bonchev–Trinajstić information content (AvgIpc) is 2.69. The van der Waals surface area contributed by atoms with E-state index < -0.39 is 11.7 Å². The third-order valence-electron chi connectivity index (χ3n) is 2.16. The Kier molecular flexibility index (Phi) is 3.98. The number of benzene rings is 1. The van der Waals surface area contributed by atoms with Crippen molar-refractivity contribution in [2.45, 2.75) is 12.8 Å². The zero-order valence-corrected chi connectivity index (χ0v) is 10.8. The molecule has 0 aliphatic rings. The van der Waals surface area contributed by atoms with Crippen LogP contribution in [0.3, 0.4) is 0 Å². The van der Waals surface area contributed by atoms with Gasteiger partial charge in [-0.1, -0.05) is 35.1 Å². The Labute approximate surface area is 115 Å². The van der Waals surface area contributed by atoms with Crippen molar-refractivity contribution >= 4 is 22.9 Å². The maximum absolute atomic E-state index is 12.7. The Bertz CT molecular complexity index is 586. The molecule has 1 heterocycles. The van der Waals surface area contributed by atoms with E-state index in [0.29, 0.717) is 4.88 Å². The predicted molar refractivity (Wildman–Crippen MR) is 64.6 cm³/mol. The van der Waals surface area contributed by atoms with E-state index >= 15 is 0 Å². The lowest BCUT2D eigenvalue weighted by Crippen LogP contribution is -2.06. The number of thiazole rings is 1. The summed E-state index contributed by atoms with van der Waals surface area (Å²) in [6, 6.07) is 4.80. The van der Waals surface area contributed by atoms with Gasteiger partial charge in [-0.2, -0.15) is 18.2 Å². The lowest BCUT2D eigenvalue weighted by Gasteiger charge is -2.11. The average molecular weight is 310 g/mol. The number of ether oxygens (including phenoxy) is 1. The maximum atomic E-state index is 12.7. The first-order chi connectivity index (χ1) is 8.91. The fourth-order valence-electron chi connectivity index (χ4n) is 1.34. The van der Waals surface area contributed by atoms with Crippen molar-refractivity contribution < 1.29 is 23.0 Å². The summed E-state index contributed by atoms with van der Waals surface area (Å²) >= 11 is 6.57. The van der Waals surface area contributed by atoms with Gasteiger partial charge in [-0.3, -0.25) is 0 Å².